The van der Waals surface area contributed by atoms with Crippen molar-refractivity contribution in [3.05, 3.63) is 48.2 Å². The van der Waals surface area contributed by atoms with Crippen LogP contribution >= 0.6 is 0 Å². The van der Waals surface area contributed by atoms with Crippen molar-refractivity contribution in [1.29, 1.82) is 0 Å². The normalized spacial score (nSPS) is 15.8. The Labute approximate surface area is 120 Å². The lowest BCUT2D eigenvalue weighted by Gasteiger charge is -2.15. The molecule has 1 aliphatic carbocycles. The van der Waals surface area contributed by atoms with Crippen LogP contribution < -0.4 is 10.2 Å². The zero-order valence-electron chi connectivity index (χ0n) is 11.9. The molecule has 2 aromatic rings. The zero-order chi connectivity index (χ0) is 14.0. The number of rotatable bonds is 5. The minimum absolute atomic E-state index is 0.244. The maximum absolute atomic E-state index is 5.81. The number of methoxy groups -OCH3 is 1. The van der Waals surface area contributed by atoms with Gasteiger partial charge in [-0.2, -0.15) is 0 Å². The summed E-state index contributed by atoms with van der Waals surface area (Å²) >= 11 is 0. The number of ether oxygens (including phenoxy) is 2. The molecule has 1 fully saturated rings. The molecular weight excluding hydrogens is 249 g/mol. The van der Waals surface area contributed by atoms with E-state index in [1.54, 1.807) is 13.3 Å². The van der Waals surface area contributed by atoms with Crippen LogP contribution in [0.2, 0.25) is 0 Å². The second-order valence-electron chi connectivity index (χ2n) is 5.47. The average Bonchev–Trinajstić information content (AvgIpc) is 3.24. The van der Waals surface area contributed by atoms with Crippen molar-refractivity contribution < 1.29 is 9.47 Å². The molecular formula is C16H18BNO2. The summed E-state index contributed by atoms with van der Waals surface area (Å²) in [5.74, 6) is 1.49. The van der Waals surface area contributed by atoms with Gasteiger partial charge < -0.3 is 9.47 Å². The summed E-state index contributed by atoms with van der Waals surface area (Å²) in [7, 11) is 3.76. The van der Waals surface area contributed by atoms with Crippen molar-refractivity contribution in [2.24, 2.45) is 0 Å². The summed E-state index contributed by atoms with van der Waals surface area (Å²) in [6, 6.07) is 12.2. The topological polar surface area (TPSA) is 31.4 Å². The third-order valence-electron chi connectivity index (χ3n) is 3.92. The number of aromatic nitrogens is 1. The van der Waals surface area contributed by atoms with Crippen molar-refractivity contribution in [2.45, 2.75) is 18.3 Å². The van der Waals surface area contributed by atoms with E-state index in [0.29, 0.717) is 5.88 Å². The third-order valence-corrected chi connectivity index (χ3v) is 3.92. The van der Waals surface area contributed by atoms with Gasteiger partial charge in [0, 0.05) is 18.7 Å². The van der Waals surface area contributed by atoms with Crippen LogP contribution in [0.4, 0.5) is 0 Å². The van der Waals surface area contributed by atoms with Crippen LogP contribution in [0.25, 0.3) is 0 Å². The van der Waals surface area contributed by atoms with Crippen LogP contribution in [0.5, 0.6) is 11.6 Å². The molecule has 0 spiro atoms. The smallest absolute Gasteiger partial charge is 0.212 e. The fourth-order valence-electron chi connectivity index (χ4n) is 2.51. The fraction of sp³-hybridized carbons (Fsp3) is 0.312. The highest BCUT2D eigenvalue weighted by Crippen LogP contribution is 2.48. The molecule has 3 rings (SSSR count). The molecule has 0 bridgehead atoms. The molecule has 0 atom stereocenters. The summed E-state index contributed by atoms with van der Waals surface area (Å²) < 4.78 is 11.1. The number of benzene rings is 1. The highest BCUT2D eigenvalue weighted by Gasteiger charge is 2.44. The van der Waals surface area contributed by atoms with E-state index in [1.807, 2.05) is 32.1 Å². The first-order valence-corrected chi connectivity index (χ1v) is 6.92. The monoisotopic (exact) mass is 267 g/mol. The molecule has 1 aromatic carbocycles. The van der Waals surface area contributed by atoms with E-state index in [4.69, 9.17) is 9.47 Å². The standard InChI is InChI=1S/C16H18BNO2/c1-19-11-16(8-9-16)12-4-6-13(7-5-12)20-15-14(17)3-2-10-18-15/h2-7,10H,8-9,11,17H2,1H3. The van der Waals surface area contributed by atoms with Gasteiger partial charge in [-0.15, -0.1) is 0 Å². The Morgan fingerprint density at radius 2 is 1.95 bits per heavy atom. The van der Waals surface area contributed by atoms with Crippen molar-refractivity contribution in [1.82, 2.24) is 4.98 Å². The van der Waals surface area contributed by atoms with Gasteiger partial charge in [0.05, 0.1) is 6.61 Å². The molecule has 0 aliphatic heterocycles. The Bertz CT molecular complexity index is 594. The summed E-state index contributed by atoms with van der Waals surface area (Å²) in [6.07, 6.45) is 4.16. The van der Waals surface area contributed by atoms with E-state index in [-0.39, 0.29) is 5.41 Å². The van der Waals surface area contributed by atoms with Crippen LogP contribution in [-0.2, 0) is 10.2 Å². The minimum Gasteiger partial charge on any atom is -0.440 e. The summed E-state index contributed by atoms with van der Waals surface area (Å²) in [5.41, 5.74) is 2.62. The molecule has 1 saturated carbocycles. The van der Waals surface area contributed by atoms with Crippen molar-refractivity contribution in [3.8, 4) is 11.6 Å². The summed E-state index contributed by atoms with van der Waals surface area (Å²) in [5, 5.41) is 0. The van der Waals surface area contributed by atoms with E-state index in [2.05, 4.69) is 17.1 Å². The van der Waals surface area contributed by atoms with Crippen LogP contribution in [0.3, 0.4) is 0 Å². The van der Waals surface area contributed by atoms with Crippen LogP contribution in [0.15, 0.2) is 42.6 Å². The summed E-state index contributed by atoms with van der Waals surface area (Å²) in [4.78, 5) is 4.24. The molecule has 1 aliphatic rings. The molecule has 0 amide bonds. The Morgan fingerprint density at radius 1 is 1.20 bits per heavy atom. The first kappa shape index (κ1) is 13.2. The Balaban J connectivity index is 1.75. The quantitative estimate of drug-likeness (QED) is 0.774. The van der Waals surface area contributed by atoms with Gasteiger partial charge in [0.1, 0.15) is 13.6 Å². The molecule has 4 heteroatoms. The highest BCUT2D eigenvalue weighted by molar-refractivity contribution is 6.33. The lowest BCUT2D eigenvalue weighted by atomic mass is 9.97. The predicted octanol–water partition coefficient (Wildman–Crippen LogP) is 1.81. The second-order valence-corrected chi connectivity index (χ2v) is 5.47. The maximum Gasteiger partial charge on any atom is 0.212 e. The molecule has 102 valence electrons. The van der Waals surface area contributed by atoms with Gasteiger partial charge in [-0.25, -0.2) is 4.98 Å². The molecule has 1 heterocycles. The number of hydrogen-bond donors (Lipinski definition) is 0. The van der Waals surface area contributed by atoms with Gasteiger partial charge in [-0.05, 0) is 42.1 Å². The Hall–Kier alpha value is -1.81. The molecule has 0 radical (unpaired) electrons. The second kappa shape index (κ2) is 5.29. The first-order chi connectivity index (χ1) is 9.73. The van der Waals surface area contributed by atoms with Gasteiger partial charge in [0.25, 0.3) is 0 Å². The molecule has 0 saturated heterocycles. The fourth-order valence-corrected chi connectivity index (χ4v) is 2.51. The van der Waals surface area contributed by atoms with E-state index in [0.717, 1.165) is 17.8 Å². The van der Waals surface area contributed by atoms with E-state index < -0.39 is 0 Å². The Kier molecular flexibility index (Phi) is 3.49. The Morgan fingerprint density at radius 3 is 2.55 bits per heavy atom. The lowest BCUT2D eigenvalue weighted by molar-refractivity contribution is 0.171. The molecule has 20 heavy (non-hydrogen) atoms. The highest BCUT2D eigenvalue weighted by atomic mass is 16.5. The summed E-state index contributed by atoms with van der Waals surface area (Å²) in [6.45, 7) is 0.798. The van der Waals surface area contributed by atoms with Gasteiger partial charge in [0.2, 0.25) is 5.88 Å². The predicted molar refractivity (Wildman–Crippen MR) is 81.7 cm³/mol. The number of nitrogens with zero attached hydrogens (tertiary/aromatic N) is 1. The van der Waals surface area contributed by atoms with Gasteiger partial charge in [0.15, 0.2) is 0 Å². The van der Waals surface area contributed by atoms with Crippen LogP contribution in [-0.4, -0.2) is 26.5 Å². The molecule has 1 aromatic heterocycles. The lowest BCUT2D eigenvalue weighted by Crippen LogP contribution is -2.13. The van der Waals surface area contributed by atoms with Crippen molar-refractivity contribution in [3.63, 3.8) is 0 Å². The maximum atomic E-state index is 5.81. The molecule has 3 nitrogen and oxygen atoms in total. The number of pyridine rings is 1. The third kappa shape index (κ3) is 2.56. The molecule has 0 unspecified atom stereocenters. The van der Waals surface area contributed by atoms with Gasteiger partial charge in [-0.3, -0.25) is 0 Å². The van der Waals surface area contributed by atoms with Crippen LogP contribution in [0.1, 0.15) is 18.4 Å². The van der Waals surface area contributed by atoms with Gasteiger partial charge in [-0.1, -0.05) is 18.2 Å². The van der Waals surface area contributed by atoms with E-state index >= 15 is 0 Å². The van der Waals surface area contributed by atoms with Crippen LogP contribution in [0, 0.1) is 0 Å². The number of hydrogen-bond acceptors (Lipinski definition) is 3. The molecule has 0 N–H and O–H groups in total. The average molecular weight is 267 g/mol. The minimum atomic E-state index is 0.244. The van der Waals surface area contributed by atoms with Crippen molar-refractivity contribution >= 4 is 13.3 Å². The van der Waals surface area contributed by atoms with Gasteiger partial charge >= 0.3 is 0 Å². The van der Waals surface area contributed by atoms with Crippen molar-refractivity contribution in [2.75, 3.05) is 13.7 Å². The first-order valence-electron chi connectivity index (χ1n) is 6.92. The van der Waals surface area contributed by atoms with E-state index in [1.165, 1.54) is 18.4 Å². The largest absolute Gasteiger partial charge is 0.440 e. The SMILES string of the molecule is Bc1cccnc1Oc1ccc(C2(COC)CC2)cc1. The zero-order valence-corrected chi connectivity index (χ0v) is 11.9. The van der Waals surface area contributed by atoms with E-state index in [9.17, 15) is 0 Å².